The van der Waals surface area contributed by atoms with Crippen LogP contribution in [0.2, 0.25) is 0 Å². The van der Waals surface area contributed by atoms with Crippen molar-refractivity contribution in [1.29, 1.82) is 0 Å². The van der Waals surface area contributed by atoms with Crippen LogP contribution in [0.3, 0.4) is 0 Å². The first-order valence-electron chi connectivity index (χ1n) is 5.58. The quantitative estimate of drug-likeness (QED) is 0.677. The number of thioether (sulfide) groups is 1. The maximum Gasteiger partial charge on any atom is 0.250 e. The van der Waals surface area contributed by atoms with E-state index in [0.717, 1.165) is 17.2 Å². The van der Waals surface area contributed by atoms with Gasteiger partial charge in [-0.1, -0.05) is 13.0 Å². The fourth-order valence-electron chi connectivity index (χ4n) is 1.51. The van der Waals surface area contributed by atoms with Gasteiger partial charge in [0.2, 0.25) is 0 Å². The summed E-state index contributed by atoms with van der Waals surface area (Å²) < 4.78 is 0. The largest absolute Gasteiger partial charge is 0.396 e. The van der Waals surface area contributed by atoms with Gasteiger partial charge in [-0.3, -0.25) is 4.79 Å². The molecule has 0 aliphatic rings. The molecule has 1 aromatic rings. The Labute approximate surface area is 106 Å². The van der Waals surface area contributed by atoms with Gasteiger partial charge in [0, 0.05) is 11.8 Å². The number of anilines is 2. The number of hydrogen-bond donors (Lipinski definition) is 3. The Balaban J connectivity index is 2.77. The molecule has 0 aliphatic carbocycles. The first-order chi connectivity index (χ1) is 8.06. The third kappa shape index (κ3) is 3.85. The molecule has 5 heteroatoms. The Hall–Kier alpha value is -1.36. The Kier molecular flexibility index (Phi) is 5.15. The van der Waals surface area contributed by atoms with Gasteiger partial charge in [-0.25, -0.2) is 0 Å². The summed E-state index contributed by atoms with van der Waals surface area (Å²) in [5.41, 5.74) is 12.7. The van der Waals surface area contributed by atoms with Crippen LogP contribution in [0.15, 0.2) is 18.2 Å². The molecule has 4 nitrogen and oxygen atoms in total. The number of para-hydroxylation sites is 1. The number of nitrogens with two attached hydrogens (primary N) is 2. The number of primary amides is 1. The Bertz CT molecular complexity index is 395. The monoisotopic (exact) mass is 253 g/mol. The fraction of sp³-hybridized carbons (Fsp3) is 0.417. The van der Waals surface area contributed by atoms with Gasteiger partial charge in [-0.05, 0) is 24.8 Å². The molecular weight excluding hydrogens is 234 g/mol. The van der Waals surface area contributed by atoms with Crippen LogP contribution >= 0.6 is 11.8 Å². The highest BCUT2D eigenvalue weighted by molar-refractivity contribution is 7.99. The number of hydrogen-bond acceptors (Lipinski definition) is 4. The van der Waals surface area contributed by atoms with E-state index in [1.54, 1.807) is 12.1 Å². The van der Waals surface area contributed by atoms with Crippen molar-refractivity contribution in [2.45, 2.75) is 19.9 Å². The van der Waals surface area contributed by atoms with Crippen LogP contribution in [0.4, 0.5) is 11.4 Å². The van der Waals surface area contributed by atoms with E-state index in [9.17, 15) is 4.79 Å². The van der Waals surface area contributed by atoms with Crippen LogP contribution in [0.5, 0.6) is 0 Å². The zero-order valence-electron chi connectivity index (χ0n) is 10.2. The summed E-state index contributed by atoms with van der Waals surface area (Å²) in [5, 5.41) is 3.29. The van der Waals surface area contributed by atoms with Gasteiger partial charge in [0.1, 0.15) is 0 Å². The number of nitrogens with one attached hydrogen (secondary N) is 1. The maximum absolute atomic E-state index is 11.1. The normalized spacial score (nSPS) is 12.1. The molecule has 1 rings (SSSR count). The molecule has 94 valence electrons. The van der Waals surface area contributed by atoms with Crippen molar-refractivity contribution in [3.8, 4) is 0 Å². The van der Waals surface area contributed by atoms with Crippen molar-refractivity contribution in [3.05, 3.63) is 23.8 Å². The smallest absolute Gasteiger partial charge is 0.250 e. The highest BCUT2D eigenvalue weighted by atomic mass is 32.2. The molecule has 17 heavy (non-hydrogen) atoms. The SMILES string of the molecule is CCSCC(C)Nc1cccc(C(N)=O)c1N. The van der Waals surface area contributed by atoms with Gasteiger partial charge < -0.3 is 16.8 Å². The van der Waals surface area contributed by atoms with Gasteiger partial charge in [0.15, 0.2) is 0 Å². The van der Waals surface area contributed by atoms with E-state index < -0.39 is 5.91 Å². The zero-order valence-corrected chi connectivity index (χ0v) is 11.0. The molecule has 0 spiro atoms. The van der Waals surface area contributed by atoms with Crippen LogP contribution in [0.25, 0.3) is 0 Å². The topological polar surface area (TPSA) is 81.1 Å². The van der Waals surface area contributed by atoms with E-state index in [0.29, 0.717) is 17.3 Å². The van der Waals surface area contributed by atoms with E-state index in [1.165, 1.54) is 0 Å². The third-order valence-electron chi connectivity index (χ3n) is 2.35. The second-order valence-corrected chi connectivity index (χ2v) is 5.15. The molecule has 0 aromatic heterocycles. The molecule has 1 atom stereocenters. The van der Waals surface area contributed by atoms with Gasteiger partial charge in [0.25, 0.3) is 5.91 Å². The molecule has 0 radical (unpaired) electrons. The zero-order chi connectivity index (χ0) is 12.8. The first-order valence-corrected chi connectivity index (χ1v) is 6.74. The number of benzene rings is 1. The van der Waals surface area contributed by atoms with Crippen LogP contribution in [0, 0.1) is 0 Å². The average Bonchev–Trinajstić information content (AvgIpc) is 2.28. The molecular formula is C12H19N3OS. The van der Waals surface area contributed by atoms with Crippen LogP contribution in [0.1, 0.15) is 24.2 Å². The standard InChI is InChI=1S/C12H19N3OS/c1-3-17-7-8(2)15-10-6-4-5-9(11(10)13)12(14)16/h4-6,8,15H,3,7,13H2,1-2H3,(H2,14,16). The van der Waals surface area contributed by atoms with E-state index >= 15 is 0 Å². The molecule has 1 aromatic carbocycles. The van der Waals surface area contributed by atoms with Crippen molar-refractivity contribution < 1.29 is 4.79 Å². The van der Waals surface area contributed by atoms with Gasteiger partial charge >= 0.3 is 0 Å². The van der Waals surface area contributed by atoms with Gasteiger partial charge in [-0.2, -0.15) is 11.8 Å². The minimum absolute atomic E-state index is 0.297. The molecule has 0 saturated heterocycles. The summed E-state index contributed by atoms with van der Waals surface area (Å²) in [6, 6.07) is 5.56. The minimum atomic E-state index is -0.498. The highest BCUT2D eigenvalue weighted by Gasteiger charge is 2.10. The maximum atomic E-state index is 11.1. The summed E-state index contributed by atoms with van der Waals surface area (Å²) in [6.07, 6.45) is 0. The number of amides is 1. The minimum Gasteiger partial charge on any atom is -0.396 e. The van der Waals surface area contributed by atoms with Crippen molar-refractivity contribution in [2.75, 3.05) is 22.6 Å². The molecule has 5 N–H and O–H groups in total. The van der Waals surface area contributed by atoms with E-state index in [4.69, 9.17) is 11.5 Å². The summed E-state index contributed by atoms with van der Waals surface area (Å²) in [5.74, 6) is 1.58. The average molecular weight is 253 g/mol. The molecule has 0 aliphatic heterocycles. The first kappa shape index (κ1) is 13.7. The van der Waals surface area contributed by atoms with Crippen molar-refractivity contribution >= 4 is 29.0 Å². The number of carbonyl (C=O) groups is 1. The number of carbonyl (C=O) groups excluding carboxylic acids is 1. The molecule has 0 fully saturated rings. The Morgan fingerprint density at radius 3 is 2.82 bits per heavy atom. The summed E-state index contributed by atoms with van der Waals surface area (Å²) >= 11 is 1.86. The van der Waals surface area contributed by atoms with Crippen LogP contribution < -0.4 is 16.8 Å². The second kappa shape index (κ2) is 6.39. The second-order valence-electron chi connectivity index (χ2n) is 3.84. The Morgan fingerprint density at radius 1 is 1.53 bits per heavy atom. The van der Waals surface area contributed by atoms with E-state index in [-0.39, 0.29) is 0 Å². The van der Waals surface area contributed by atoms with Crippen molar-refractivity contribution in [1.82, 2.24) is 0 Å². The van der Waals surface area contributed by atoms with Gasteiger partial charge in [0.05, 0.1) is 16.9 Å². The summed E-state index contributed by atoms with van der Waals surface area (Å²) in [6.45, 7) is 4.21. The lowest BCUT2D eigenvalue weighted by Crippen LogP contribution is -2.20. The summed E-state index contributed by atoms with van der Waals surface area (Å²) in [7, 11) is 0. The van der Waals surface area contributed by atoms with E-state index in [1.807, 2.05) is 17.8 Å². The fourth-order valence-corrected chi connectivity index (χ4v) is 2.18. The lowest BCUT2D eigenvalue weighted by atomic mass is 10.1. The molecule has 0 heterocycles. The molecule has 1 amide bonds. The lowest BCUT2D eigenvalue weighted by molar-refractivity contribution is 0.100. The van der Waals surface area contributed by atoms with Crippen molar-refractivity contribution in [2.24, 2.45) is 5.73 Å². The molecule has 1 unspecified atom stereocenters. The third-order valence-corrected chi connectivity index (χ3v) is 3.49. The molecule has 0 saturated carbocycles. The van der Waals surface area contributed by atoms with E-state index in [2.05, 4.69) is 19.2 Å². The lowest BCUT2D eigenvalue weighted by Gasteiger charge is -2.17. The Morgan fingerprint density at radius 2 is 2.24 bits per heavy atom. The van der Waals surface area contributed by atoms with Crippen molar-refractivity contribution in [3.63, 3.8) is 0 Å². The number of rotatable bonds is 6. The van der Waals surface area contributed by atoms with Crippen LogP contribution in [-0.4, -0.2) is 23.5 Å². The predicted octanol–water partition coefficient (Wildman–Crippen LogP) is 1.92. The number of nitrogen functional groups attached to an aromatic ring is 1. The molecule has 0 bridgehead atoms. The predicted molar refractivity (Wildman–Crippen MR) is 75.5 cm³/mol. The van der Waals surface area contributed by atoms with Crippen LogP contribution in [-0.2, 0) is 0 Å². The summed E-state index contributed by atoms with van der Waals surface area (Å²) in [4.78, 5) is 11.1. The van der Waals surface area contributed by atoms with Gasteiger partial charge in [-0.15, -0.1) is 0 Å². The highest BCUT2D eigenvalue weighted by Crippen LogP contribution is 2.23.